The molecule has 0 saturated carbocycles. The van der Waals surface area contributed by atoms with Crippen LogP contribution in [-0.4, -0.2) is 21.9 Å². The molecule has 1 aromatic heterocycles. The summed E-state index contributed by atoms with van der Waals surface area (Å²) in [5, 5.41) is 13.5. The molecule has 0 atom stereocenters. The highest BCUT2D eigenvalue weighted by molar-refractivity contribution is 5.85. The van der Waals surface area contributed by atoms with Crippen molar-refractivity contribution in [2.24, 2.45) is 7.05 Å². The molecule has 0 bridgehead atoms. The fourth-order valence-electron chi connectivity index (χ4n) is 1.99. The van der Waals surface area contributed by atoms with Gasteiger partial charge in [0.2, 0.25) is 0 Å². The van der Waals surface area contributed by atoms with Gasteiger partial charge < -0.3 is 0 Å². The van der Waals surface area contributed by atoms with Gasteiger partial charge in [0, 0.05) is 18.9 Å². The van der Waals surface area contributed by atoms with Crippen molar-refractivity contribution in [1.29, 1.82) is 5.26 Å². The van der Waals surface area contributed by atoms with Gasteiger partial charge in [0.1, 0.15) is 0 Å². The zero-order valence-electron chi connectivity index (χ0n) is 10.9. The van der Waals surface area contributed by atoms with E-state index in [0.717, 1.165) is 0 Å². The number of hydrogen-bond donors (Lipinski definition) is 0. The largest absolute Gasteiger partial charge is 0.453 e. The van der Waals surface area contributed by atoms with Gasteiger partial charge in [0.15, 0.2) is 0 Å². The molecular weight excluding hydrogens is 293 g/mol. The van der Waals surface area contributed by atoms with E-state index in [1.165, 1.54) is 23.0 Å². The van der Waals surface area contributed by atoms with Crippen molar-refractivity contribution < 1.29 is 22.0 Å². The van der Waals surface area contributed by atoms with E-state index in [9.17, 15) is 22.0 Å². The third-order valence-corrected chi connectivity index (χ3v) is 3.19. The molecule has 0 radical (unpaired) electrons. The molecular formula is C13H10F5N3. The van der Waals surface area contributed by atoms with Gasteiger partial charge in [-0.15, -0.1) is 0 Å². The average Bonchev–Trinajstić information content (AvgIpc) is 2.76. The van der Waals surface area contributed by atoms with E-state index in [2.05, 4.69) is 5.10 Å². The lowest BCUT2D eigenvalue weighted by Gasteiger charge is -2.19. The van der Waals surface area contributed by atoms with E-state index in [-0.39, 0.29) is 11.1 Å². The monoisotopic (exact) mass is 303 g/mol. The van der Waals surface area contributed by atoms with Crippen LogP contribution >= 0.6 is 0 Å². The first-order valence-electron chi connectivity index (χ1n) is 5.95. The third-order valence-electron chi connectivity index (χ3n) is 3.19. The first kappa shape index (κ1) is 15.2. The molecule has 1 heterocycles. The lowest BCUT2D eigenvalue weighted by molar-refractivity contribution is -0.284. The van der Waals surface area contributed by atoms with Gasteiger partial charge in [-0.25, -0.2) is 0 Å². The second kappa shape index (κ2) is 4.98. The molecule has 0 fully saturated rings. The zero-order chi connectivity index (χ0) is 15.8. The van der Waals surface area contributed by atoms with Gasteiger partial charge in [0.25, 0.3) is 0 Å². The van der Waals surface area contributed by atoms with Crippen LogP contribution in [0.1, 0.15) is 17.5 Å². The van der Waals surface area contributed by atoms with Crippen molar-refractivity contribution in [1.82, 2.24) is 9.78 Å². The summed E-state index contributed by atoms with van der Waals surface area (Å²) in [6, 6.07) is 4.67. The van der Waals surface area contributed by atoms with Crippen molar-refractivity contribution in [3.63, 3.8) is 0 Å². The summed E-state index contributed by atoms with van der Waals surface area (Å²) in [6.45, 7) is 0. The van der Waals surface area contributed by atoms with Crippen LogP contribution in [0.2, 0.25) is 0 Å². The van der Waals surface area contributed by atoms with Crippen LogP contribution in [0, 0.1) is 11.3 Å². The van der Waals surface area contributed by atoms with Crippen molar-refractivity contribution in [3.8, 4) is 6.07 Å². The summed E-state index contributed by atoms with van der Waals surface area (Å²) in [4.78, 5) is 0. The van der Waals surface area contributed by atoms with Crippen LogP contribution in [0.15, 0.2) is 18.3 Å². The molecule has 112 valence electrons. The second-order valence-electron chi connectivity index (χ2n) is 4.66. The lowest BCUT2D eigenvalue weighted by atomic mass is 10.0. The maximum atomic E-state index is 12.9. The van der Waals surface area contributed by atoms with Crippen molar-refractivity contribution in [3.05, 3.63) is 29.5 Å². The van der Waals surface area contributed by atoms with Crippen molar-refractivity contribution in [2.75, 3.05) is 0 Å². The molecule has 2 rings (SSSR count). The minimum absolute atomic E-state index is 0.200. The van der Waals surface area contributed by atoms with Crippen LogP contribution < -0.4 is 0 Å². The number of hydrogen-bond acceptors (Lipinski definition) is 2. The van der Waals surface area contributed by atoms with Gasteiger partial charge in [-0.1, -0.05) is 0 Å². The number of nitrogens with zero attached hydrogens (tertiary/aromatic N) is 3. The van der Waals surface area contributed by atoms with E-state index in [4.69, 9.17) is 5.26 Å². The van der Waals surface area contributed by atoms with Crippen LogP contribution in [-0.2, 0) is 13.5 Å². The molecule has 0 amide bonds. The van der Waals surface area contributed by atoms with Crippen LogP contribution in [0.4, 0.5) is 22.0 Å². The van der Waals surface area contributed by atoms with Crippen molar-refractivity contribution >= 4 is 10.9 Å². The van der Waals surface area contributed by atoms with Gasteiger partial charge in [0.05, 0.1) is 23.3 Å². The van der Waals surface area contributed by atoms with Gasteiger partial charge in [-0.2, -0.15) is 32.3 Å². The Labute approximate surface area is 116 Å². The summed E-state index contributed by atoms with van der Waals surface area (Å²) in [6.07, 6.45) is -5.96. The molecule has 3 nitrogen and oxygen atoms in total. The quantitative estimate of drug-likeness (QED) is 0.813. The summed E-state index contributed by atoms with van der Waals surface area (Å²) in [7, 11) is 1.59. The van der Waals surface area contributed by atoms with Crippen LogP contribution in [0.5, 0.6) is 0 Å². The van der Waals surface area contributed by atoms with Gasteiger partial charge in [-0.3, -0.25) is 4.68 Å². The molecule has 2 aromatic rings. The van der Waals surface area contributed by atoms with Crippen LogP contribution in [0.3, 0.4) is 0 Å². The zero-order valence-corrected chi connectivity index (χ0v) is 10.9. The first-order valence-corrected chi connectivity index (χ1v) is 5.95. The summed E-state index contributed by atoms with van der Waals surface area (Å²) < 4.78 is 63.7. The Kier molecular flexibility index (Phi) is 3.61. The smallest absolute Gasteiger partial charge is 0.268 e. The number of benzene rings is 1. The Morgan fingerprint density at radius 3 is 2.48 bits per heavy atom. The minimum Gasteiger partial charge on any atom is -0.268 e. The molecule has 21 heavy (non-hydrogen) atoms. The maximum absolute atomic E-state index is 12.9. The normalized spacial score (nSPS) is 12.6. The molecule has 0 aliphatic carbocycles. The highest BCUT2D eigenvalue weighted by atomic mass is 19.4. The second-order valence-corrected chi connectivity index (χ2v) is 4.66. The Balaban J connectivity index is 2.32. The fourth-order valence-corrected chi connectivity index (χ4v) is 1.99. The van der Waals surface area contributed by atoms with Gasteiger partial charge >= 0.3 is 12.1 Å². The van der Waals surface area contributed by atoms with E-state index in [1.807, 2.05) is 6.07 Å². The molecule has 0 aliphatic rings. The summed E-state index contributed by atoms with van der Waals surface area (Å²) in [5.74, 6) is -4.75. The number of aromatic nitrogens is 2. The third kappa shape index (κ3) is 2.82. The van der Waals surface area contributed by atoms with Gasteiger partial charge in [-0.05, 0) is 24.1 Å². The molecule has 8 heteroatoms. The molecule has 0 N–H and O–H groups in total. The molecule has 0 spiro atoms. The topological polar surface area (TPSA) is 41.6 Å². The lowest BCUT2D eigenvalue weighted by Crippen LogP contribution is -2.36. The number of halogens is 5. The van der Waals surface area contributed by atoms with E-state index in [1.54, 1.807) is 7.05 Å². The number of alkyl halides is 5. The minimum atomic E-state index is -5.57. The number of rotatable bonds is 3. The maximum Gasteiger partial charge on any atom is 0.453 e. The van der Waals surface area contributed by atoms with E-state index in [0.29, 0.717) is 10.9 Å². The molecule has 0 saturated heterocycles. The fraction of sp³-hybridized carbons (Fsp3) is 0.385. The summed E-state index contributed by atoms with van der Waals surface area (Å²) >= 11 is 0. The molecule has 0 unspecified atom stereocenters. The average molecular weight is 303 g/mol. The Hall–Kier alpha value is -2.17. The predicted molar refractivity (Wildman–Crippen MR) is 64.8 cm³/mol. The molecule has 1 aromatic carbocycles. The highest BCUT2D eigenvalue weighted by Crippen LogP contribution is 2.39. The van der Waals surface area contributed by atoms with E-state index < -0.39 is 24.9 Å². The number of fused-ring (bicyclic) bond motifs is 1. The predicted octanol–water partition coefficient (Wildman–Crippen LogP) is 3.58. The Morgan fingerprint density at radius 2 is 1.90 bits per heavy atom. The van der Waals surface area contributed by atoms with E-state index >= 15 is 0 Å². The number of aryl methyl sites for hydroxylation is 2. The Bertz CT molecular complexity index is 709. The first-order chi connectivity index (χ1) is 9.65. The molecule has 0 aliphatic heterocycles. The standard InChI is InChI=1S/C13H10F5N3/c1-21-11-5-8(2-3-12(14,15)13(16,17)18)4-9(6-19)10(11)7-20-21/h4-5,7H,2-3H2,1H3. The summed E-state index contributed by atoms with van der Waals surface area (Å²) in [5.41, 5.74) is 0.955. The Morgan fingerprint density at radius 1 is 1.24 bits per heavy atom. The van der Waals surface area contributed by atoms with Crippen molar-refractivity contribution in [2.45, 2.75) is 24.9 Å². The highest BCUT2D eigenvalue weighted by Gasteiger charge is 2.56. The number of nitriles is 1. The SMILES string of the molecule is Cn1ncc2c(C#N)cc(CCC(F)(F)C(F)(F)F)cc21. The van der Waals surface area contributed by atoms with Crippen LogP contribution in [0.25, 0.3) is 10.9 Å².